The van der Waals surface area contributed by atoms with Gasteiger partial charge in [-0.15, -0.1) is 0 Å². The number of esters is 1. The Hall–Kier alpha value is -1.17. The Bertz CT molecular complexity index is 331. The van der Waals surface area contributed by atoms with Crippen LogP contribution in [0.25, 0.3) is 0 Å². The molecule has 5 nitrogen and oxygen atoms in total. The Morgan fingerprint density at radius 1 is 1.71 bits per heavy atom. The maximum absolute atomic E-state index is 11.6. The topological polar surface area (TPSA) is 58.6 Å². The zero-order valence-corrected chi connectivity index (χ0v) is 8.52. The standard InChI is InChI=1S/C8H10N2O3S/c1-5(11)13-8-3-2-4-10(8)7(14)9-6(8)12/h2-4H2,1H3,(H,9,12,14). The number of fused-ring (bicyclic) bond motifs is 1. The molecule has 2 heterocycles. The normalized spacial score (nSPS) is 30.2. The summed E-state index contributed by atoms with van der Waals surface area (Å²) in [6.07, 6.45) is 1.32. The maximum Gasteiger partial charge on any atom is 0.305 e. The number of nitrogens with one attached hydrogen (secondary N) is 1. The highest BCUT2D eigenvalue weighted by Gasteiger charge is 2.56. The van der Waals surface area contributed by atoms with E-state index in [9.17, 15) is 9.59 Å². The van der Waals surface area contributed by atoms with Gasteiger partial charge in [-0.1, -0.05) is 0 Å². The Morgan fingerprint density at radius 2 is 2.43 bits per heavy atom. The molecule has 14 heavy (non-hydrogen) atoms. The molecule has 0 radical (unpaired) electrons. The van der Waals surface area contributed by atoms with Crippen LogP contribution in [0.5, 0.6) is 0 Å². The minimum atomic E-state index is -1.15. The summed E-state index contributed by atoms with van der Waals surface area (Å²) in [5.74, 6) is -0.785. The fraction of sp³-hybridized carbons (Fsp3) is 0.625. The van der Waals surface area contributed by atoms with E-state index in [4.69, 9.17) is 17.0 Å². The van der Waals surface area contributed by atoms with Crippen molar-refractivity contribution in [3.8, 4) is 0 Å². The van der Waals surface area contributed by atoms with Gasteiger partial charge < -0.3 is 9.64 Å². The lowest BCUT2D eigenvalue weighted by molar-refractivity contribution is -0.174. The molecule has 0 aromatic heterocycles. The zero-order chi connectivity index (χ0) is 10.3. The predicted octanol–water partition coefficient (Wildman–Crippen LogP) is -0.244. The van der Waals surface area contributed by atoms with Gasteiger partial charge in [-0.2, -0.15) is 0 Å². The third-order valence-electron chi connectivity index (χ3n) is 2.47. The Balaban J connectivity index is 2.33. The second-order valence-electron chi connectivity index (χ2n) is 3.39. The summed E-state index contributed by atoms with van der Waals surface area (Å²) >= 11 is 4.96. The molecule has 1 atom stereocenters. The lowest BCUT2D eigenvalue weighted by Crippen LogP contribution is -2.48. The minimum absolute atomic E-state index is 0.324. The molecule has 0 spiro atoms. The van der Waals surface area contributed by atoms with Crippen LogP contribution in [-0.4, -0.2) is 34.2 Å². The third kappa shape index (κ3) is 1.10. The molecule has 0 bridgehead atoms. The van der Waals surface area contributed by atoms with Crippen molar-refractivity contribution in [3.05, 3.63) is 0 Å². The molecule has 2 rings (SSSR count). The van der Waals surface area contributed by atoms with Crippen LogP contribution in [0.4, 0.5) is 0 Å². The molecular formula is C8H10N2O3S. The largest absolute Gasteiger partial charge is 0.429 e. The number of ether oxygens (including phenoxy) is 1. The molecule has 0 saturated carbocycles. The molecule has 0 aliphatic carbocycles. The van der Waals surface area contributed by atoms with E-state index in [0.29, 0.717) is 18.1 Å². The quantitative estimate of drug-likeness (QED) is 0.482. The summed E-state index contributed by atoms with van der Waals surface area (Å²) < 4.78 is 5.09. The number of thiocarbonyl (C=S) groups is 1. The van der Waals surface area contributed by atoms with Crippen molar-refractivity contribution in [2.24, 2.45) is 0 Å². The van der Waals surface area contributed by atoms with E-state index in [-0.39, 0.29) is 5.91 Å². The van der Waals surface area contributed by atoms with E-state index in [2.05, 4.69) is 5.32 Å². The molecule has 76 valence electrons. The highest BCUT2D eigenvalue weighted by Crippen LogP contribution is 2.34. The molecule has 2 saturated heterocycles. The summed E-state index contributed by atoms with van der Waals surface area (Å²) in [5, 5.41) is 2.86. The molecule has 6 heteroatoms. The van der Waals surface area contributed by atoms with E-state index < -0.39 is 11.7 Å². The van der Waals surface area contributed by atoms with Gasteiger partial charge in [0.2, 0.25) is 0 Å². The number of carbonyl (C=O) groups is 2. The average molecular weight is 214 g/mol. The fourth-order valence-electron chi connectivity index (χ4n) is 1.95. The number of amides is 1. The molecule has 1 N–H and O–H groups in total. The molecular weight excluding hydrogens is 204 g/mol. The van der Waals surface area contributed by atoms with E-state index in [1.54, 1.807) is 4.90 Å². The number of rotatable bonds is 1. The molecule has 2 aliphatic rings. The second kappa shape index (κ2) is 2.91. The van der Waals surface area contributed by atoms with Crippen LogP contribution < -0.4 is 5.32 Å². The summed E-state index contributed by atoms with van der Waals surface area (Å²) in [5.41, 5.74) is -1.15. The number of hydrogen-bond donors (Lipinski definition) is 1. The van der Waals surface area contributed by atoms with Crippen molar-refractivity contribution in [3.63, 3.8) is 0 Å². The van der Waals surface area contributed by atoms with Crippen LogP contribution in [0.1, 0.15) is 19.8 Å². The van der Waals surface area contributed by atoms with Crippen molar-refractivity contribution in [1.29, 1.82) is 0 Å². The van der Waals surface area contributed by atoms with Crippen LogP contribution in [0.3, 0.4) is 0 Å². The van der Waals surface area contributed by atoms with Gasteiger partial charge in [0.1, 0.15) is 0 Å². The predicted molar refractivity (Wildman–Crippen MR) is 51.2 cm³/mol. The van der Waals surface area contributed by atoms with Gasteiger partial charge in [-0.05, 0) is 18.6 Å². The van der Waals surface area contributed by atoms with Gasteiger partial charge in [-0.25, -0.2) is 0 Å². The lowest BCUT2D eigenvalue weighted by Gasteiger charge is -2.27. The average Bonchev–Trinajstić information content (AvgIpc) is 2.55. The van der Waals surface area contributed by atoms with Crippen LogP contribution in [-0.2, 0) is 14.3 Å². The molecule has 0 aromatic carbocycles. The molecule has 2 fully saturated rings. The summed E-state index contributed by atoms with van der Waals surface area (Å²) in [6.45, 7) is 1.95. The Kier molecular flexibility index (Phi) is 1.95. The highest BCUT2D eigenvalue weighted by atomic mass is 32.1. The van der Waals surface area contributed by atoms with Crippen LogP contribution in [0.15, 0.2) is 0 Å². The number of nitrogens with zero attached hydrogens (tertiary/aromatic N) is 1. The smallest absolute Gasteiger partial charge is 0.305 e. The van der Waals surface area contributed by atoms with E-state index in [0.717, 1.165) is 6.42 Å². The van der Waals surface area contributed by atoms with Gasteiger partial charge in [0, 0.05) is 19.9 Å². The molecule has 1 amide bonds. The van der Waals surface area contributed by atoms with Crippen molar-refractivity contribution < 1.29 is 14.3 Å². The highest BCUT2D eigenvalue weighted by molar-refractivity contribution is 7.80. The molecule has 0 aromatic rings. The second-order valence-corrected chi connectivity index (χ2v) is 3.78. The first-order valence-electron chi connectivity index (χ1n) is 4.39. The van der Waals surface area contributed by atoms with Crippen molar-refractivity contribution >= 4 is 29.2 Å². The summed E-state index contributed by atoms with van der Waals surface area (Å²) in [6, 6.07) is 0. The van der Waals surface area contributed by atoms with Crippen LogP contribution in [0, 0.1) is 0 Å². The zero-order valence-electron chi connectivity index (χ0n) is 7.70. The Labute approximate surface area is 86.4 Å². The monoisotopic (exact) mass is 214 g/mol. The summed E-state index contributed by atoms with van der Waals surface area (Å²) in [7, 11) is 0. The van der Waals surface area contributed by atoms with Gasteiger partial charge in [0.15, 0.2) is 5.11 Å². The van der Waals surface area contributed by atoms with Crippen molar-refractivity contribution in [2.45, 2.75) is 25.5 Å². The number of hydrogen-bond acceptors (Lipinski definition) is 4. The first kappa shape index (κ1) is 9.39. The van der Waals surface area contributed by atoms with Gasteiger partial charge in [0.05, 0.1) is 0 Å². The Morgan fingerprint density at radius 3 is 3.07 bits per heavy atom. The minimum Gasteiger partial charge on any atom is -0.429 e. The first-order chi connectivity index (χ1) is 6.56. The van der Waals surface area contributed by atoms with E-state index in [1.807, 2.05) is 0 Å². The SMILES string of the molecule is CC(=O)OC12CCCN1C(=S)NC2=O. The van der Waals surface area contributed by atoms with Crippen LogP contribution in [0.2, 0.25) is 0 Å². The third-order valence-corrected chi connectivity index (χ3v) is 2.79. The summed E-state index contributed by atoms with van der Waals surface area (Å²) in [4.78, 5) is 24.2. The fourth-order valence-corrected chi connectivity index (χ4v) is 2.28. The van der Waals surface area contributed by atoms with Crippen molar-refractivity contribution in [2.75, 3.05) is 6.54 Å². The van der Waals surface area contributed by atoms with Gasteiger partial charge in [-0.3, -0.25) is 14.9 Å². The van der Waals surface area contributed by atoms with Crippen LogP contribution >= 0.6 is 12.2 Å². The maximum atomic E-state index is 11.6. The molecule has 2 aliphatic heterocycles. The van der Waals surface area contributed by atoms with E-state index in [1.165, 1.54) is 6.92 Å². The lowest BCUT2D eigenvalue weighted by atomic mass is 10.1. The first-order valence-corrected chi connectivity index (χ1v) is 4.80. The number of carbonyl (C=O) groups excluding carboxylic acids is 2. The van der Waals surface area contributed by atoms with Gasteiger partial charge >= 0.3 is 5.97 Å². The van der Waals surface area contributed by atoms with E-state index >= 15 is 0 Å². The van der Waals surface area contributed by atoms with Gasteiger partial charge in [0.25, 0.3) is 11.6 Å². The van der Waals surface area contributed by atoms with Crippen molar-refractivity contribution in [1.82, 2.24) is 10.2 Å². The molecule has 1 unspecified atom stereocenters.